The van der Waals surface area contributed by atoms with Crippen LogP contribution in [0.3, 0.4) is 0 Å². The largest absolute Gasteiger partial charge is 0.492 e. The Balaban J connectivity index is 1.68. The summed E-state index contributed by atoms with van der Waals surface area (Å²) < 4.78 is 34.0. The summed E-state index contributed by atoms with van der Waals surface area (Å²) in [5.41, 5.74) is 0.708. The van der Waals surface area contributed by atoms with E-state index in [-0.39, 0.29) is 35.6 Å². The average molecular weight is 502 g/mol. The molecule has 0 atom stereocenters. The van der Waals surface area contributed by atoms with E-state index in [1.54, 1.807) is 19.1 Å². The topological polar surface area (TPSA) is 75.7 Å². The molecule has 3 rings (SSSR count). The summed E-state index contributed by atoms with van der Waals surface area (Å²) in [6.07, 6.45) is 0.896. The molecule has 2 aromatic carbocycles. The van der Waals surface area contributed by atoms with Crippen molar-refractivity contribution in [2.24, 2.45) is 5.92 Å². The second kappa shape index (κ2) is 9.47. The Kier molecular flexibility index (Phi) is 7.21. The van der Waals surface area contributed by atoms with Gasteiger partial charge in [-0.25, -0.2) is 8.42 Å². The molecule has 9 heteroatoms. The molecule has 1 aliphatic rings. The standard InChI is InChI=1S/C20H22BrClN2O4S/c1-2-28-18-7-6-16(22)13-19(18)29(26,27)24-10-8-14(9-11-24)20(25)23-17-5-3-4-15(21)12-17/h3-7,12-14H,2,8-11H2,1H3,(H,23,25). The molecule has 1 aliphatic heterocycles. The second-order valence-corrected chi connectivity index (χ2v) is 9.96. The molecule has 0 radical (unpaired) electrons. The van der Waals surface area contributed by atoms with E-state index in [1.165, 1.54) is 10.4 Å². The van der Waals surface area contributed by atoms with Crippen molar-refractivity contribution in [2.75, 3.05) is 25.0 Å². The fourth-order valence-electron chi connectivity index (χ4n) is 3.27. The normalized spacial score (nSPS) is 15.8. The summed E-state index contributed by atoms with van der Waals surface area (Å²) >= 11 is 9.40. The minimum Gasteiger partial charge on any atom is -0.492 e. The molecule has 0 aromatic heterocycles. The molecule has 1 saturated heterocycles. The Morgan fingerprint density at radius 2 is 1.97 bits per heavy atom. The third kappa shape index (κ3) is 5.31. The number of hydrogen-bond acceptors (Lipinski definition) is 4. The maximum atomic E-state index is 13.1. The Bertz CT molecular complexity index is 992. The molecule has 156 valence electrons. The molecule has 6 nitrogen and oxygen atoms in total. The van der Waals surface area contributed by atoms with Crippen LogP contribution in [-0.2, 0) is 14.8 Å². The van der Waals surface area contributed by atoms with Crippen LogP contribution in [0.15, 0.2) is 51.8 Å². The second-order valence-electron chi connectivity index (χ2n) is 6.70. The van der Waals surface area contributed by atoms with Gasteiger partial charge in [0.2, 0.25) is 15.9 Å². The van der Waals surface area contributed by atoms with Gasteiger partial charge in [0.1, 0.15) is 10.6 Å². The summed E-state index contributed by atoms with van der Waals surface area (Å²) in [7, 11) is -3.77. The van der Waals surface area contributed by atoms with Gasteiger partial charge in [-0.3, -0.25) is 4.79 Å². The van der Waals surface area contributed by atoms with E-state index in [2.05, 4.69) is 21.2 Å². The minimum atomic E-state index is -3.77. The van der Waals surface area contributed by atoms with Crippen molar-refractivity contribution in [3.8, 4) is 5.75 Å². The van der Waals surface area contributed by atoms with Gasteiger partial charge in [-0.05, 0) is 56.2 Å². The van der Waals surface area contributed by atoms with E-state index in [4.69, 9.17) is 16.3 Å². The quantitative estimate of drug-likeness (QED) is 0.630. The number of anilines is 1. The van der Waals surface area contributed by atoms with Crippen molar-refractivity contribution in [2.45, 2.75) is 24.7 Å². The molecule has 1 amide bonds. The number of ether oxygens (including phenoxy) is 1. The van der Waals surface area contributed by atoms with E-state index in [0.717, 1.165) is 4.47 Å². The van der Waals surface area contributed by atoms with E-state index in [1.807, 2.05) is 24.3 Å². The van der Waals surface area contributed by atoms with Gasteiger partial charge < -0.3 is 10.1 Å². The maximum Gasteiger partial charge on any atom is 0.246 e. The van der Waals surface area contributed by atoms with Gasteiger partial charge in [0.15, 0.2) is 0 Å². The van der Waals surface area contributed by atoms with Crippen LogP contribution in [0, 0.1) is 5.92 Å². The van der Waals surface area contributed by atoms with Crippen LogP contribution in [0.4, 0.5) is 5.69 Å². The highest BCUT2D eigenvalue weighted by molar-refractivity contribution is 9.10. The lowest BCUT2D eigenvalue weighted by Crippen LogP contribution is -2.41. The zero-order valence-corrected chi connectivity index (χ0v) is 19.1. The van der Waals surface area contributed by atoms with Crippen LogP contribution in [-0.4, -0.2) is 38.3 Å². The molecule has 0 aliphatic carbocycles. The summed E-state index contributed by atoms with van der Waals surface area (Å²) in [5.74, 6) is -0.0597. The zero-order chi connectivity index (χ0) is 21.0. The summed E-state index contributed by atoms with van der Waals surface area (Å²) in [5, 5.41) is 3.23. The first-order valence-electron chi connectivity index (χ1n) is 9.30. The van der Waals surface area contributed by atoms with Gasteiger partial charge in [0, 0.05) is 34.2 Å². The molecule has 0 spiro atoms. The first-order valence-corrected chi connectivity index (χ1v) is 11.9. The molecule has 1 fully saturated rings. The van der Waals surface area contributed by atoms with Crippen LogP contribution >= 0.6 is 27.5 Å². The summed E-state index contributed by atoms with van der Waals surface area (Å²) in [4.78, 5) is 12.6. The van der Waals surface area contributed by atoms with Crippen LogP contribution in [0.1, 0.15) is 19.8 Å². The molecule has 0 unspecified atom stereocenters. The molecule has 0 bridgehead atoms. The van der Waals surface area contributed by atoms with Crippen molar-refractivity contribution in [1.29, 1.82) is 0 Å². The number of sulfonamides is 1. The number of halogens is 2. The Hall–Kier alpha value is -1.61. The van der Waals surface area contributed by atoms with Gasteiger partial charge in [-0.1, -0.05) is 33.6 Å². The maximum absolute atomic E-state index is 13.1. The van der Waals surface area contributed by atoms with Gasteiger partial charge in [0.05, 0.1) is 6.61 Å². The number of hydrogen-bond donors (Lipinski definition) is 1. The van der Waals surface area contributed by atoms with Crippen LogP contribution in [0.2, 0.25) is 5.02 Å². The van der Waals surface area contributed by atoms with E-state index < -0.39 is 10.0 Å². The predicted octanol–water partition coefficient (Wildman–Crippen LogP) is 4.54. The number of carbonyl (C=O) groups is 1. The SMILES string of the molecule is CCOc1ccc(Cl)cc1S(=O)(=O)N1CCC(C(=O)Nc2cccc(Br)c2)CC1. The highest BCUT2D eigenvalue weighted by Crippen LogP contribution is 2.32. The number of rotatable bonds is 6. The third-order valence-corrected chi connectivity index (χ3v) is 7.39. The van der Waals surface area contributed by atoms with Crippen molar-refractivity contribution in [3.05, 3.63) is 52.0 Å². The number of benzene rings is 2. The van der Waals surface area contributed by atoms with Gasteiger partial charge in [-0.15, -0.1) is 0 Å². The molecular formula is C20H22BrClN2O4S. The predicted molar refractivity (Wildman–Crippen MR) is 117 cm³/mol. The highest BCUT2D eigenvalue weighted by Gasteiger charge is 2.34. The third-order valence-electron chi connectivity index (χ3n) is 4.74. The number of nitrogens with zero attached hydrogens (tertiary/aromatic N) is 1. The Morgan fingerprint density at radius 1 is 1.24 bits per heavy atom. The van der Waals surface area contributed by atoms with Gasteiger partial charge in [0.25, 0.3) is 0 Å². The minimum absolute atomic E-state index is 0.0592. The zero-order valence-electron chi connectivity index (χ0n) is 15.9. The summed E-state index contributed by atoms with van der Waals surface area (Å²) in [6, 6.07) is 11.9. The molecular weight excluding hydrogens is 480 g/mol. The fraction of sp³-hybridized carbons (Fsp3) is 0.350. The number of piperidine rings is 1. The van der Waals surface area contributed by atoms with Crippen molar-refractivity contribution >= 4 is 49.1 Å². The lowest BCUT2D eigenvalue weighted by molar-refractivity contribution is -0.120. The monoisotopic (exact) mass is 500 g/mol. The van der Waals surface area contributed by atoms with Crippen LogP contribution < -0.4 is 10.1 Å². The van der Waals surface area contributed by atoms with Crippen molar-refractivity contribution in [1.82, 2.24) is 4.31 Å². The van der Waals surface area contributed by atoms with E-state index >= 15 is 0 Å². The molecule has 29 heavy (non-hydrogen) atoms. The van der Waals surface area contributed by atoms with Crippen molar-refractivity contribution < 1.29 is 17.9 Å². The molecule has 1 N–H and O–H groups in total. The number of nitrogens with one attached hydrogen (secondary N) is 1. The van der Waals surface area contributed by atoms with Crippen LogP contribution in [0.5, 0.6) is 5.75 Å². The highest BCUT2D eigenvalue weighted by atomic mass is 79.9. The van der Waals surface area contributed by atoms with Crippen LogP contribution in [0.25, 0.3) is 0 Å². The van der Waals surface area contributed by atoms with Crippen molar-refractivity contribution in [3.63, 3.8) is 0 Å². The van der Waals surface area contributed by atoms with Gasteiger partial charge >= 0.3 is 0 Å². The van der Waals surface area contributed by atoms with E-state index in [0.29, 0.717) is 30.2 Å². The molecule has 2 aromatic rings. The first-order chi connectivity index (χ1) is 13.8. The summed E-state index contributed by atoms with van der Waals surface area (Å²) in [6.45, 7) is 2.66. The number of amides is 1. The fourth-order valence-corrected chi connectivity index (χ4v) is 5.53. The molecule has 0 saturated carbocycles. The average Bonchev–Trinajstić information content (AvgIpc) is 2.69. The lowest BCUT2D eigenvalue weighted by Gasteiger charge is -2.31. The van der Waals surface area contributed by atoms with Gasteiger partial charge in [-0.2, -0.15) is 4.31 Å². The molecule has 1 heterocycles. The van der Waals surface area contributed by atoms with E-state index in [9.17, 15) is 13.2 Å². The smallest absolute Gasteiger partial charge is 0.246 e. The lowest BCUT2D eigenvalue weighted by atomic mass is 9.97. The first kappa shape index (κ1) is 22.1. The number of carbonyl (C=O) groups excluding carboxylic acids is 1. The Labute approximate surface area is 184 Å². The Morgan fingerprint density at radius 3 is 2.62 bits per heavy atom.